The zero-order valence-electron chi connectivity index (χ0n) is 23.4. The Morgan fingerprint density at radius 1 is 0.729 bits per heavy atom. The van der Waals surface area contributed by atoms with Crippen molar-refractivity contribution in [3.05, 3.63) is 66.2 Å². The van der Waals surface area contributed by atoms with Gasteiger partial charge < -0.3 is 10.1 Å². The number of rotatable bonds is 9. The van der Waals surface area contributed by atoms with Crippen LogP contribution in [0.2, 0.25) is 0 Å². The highest BCUT2D eigenvalue weighted by atomic mass is 32.2. The molecule has 0 radical (unpaired) electrons. The molecule has 0 saturated heterocycles. The summed E-state index contributed by atoms with van der Waals surface area (Å²) < 4.78 is 146. The summed E-state index contributed by atoms with van der Waals surface area (Å²) in [6.07, 6.45) is -3.99. The molecule has 252 valence electrons. The molecule has 0 aliphatic rings. The number of carbonyl (C=O) groups is 2. The molecular formula is C27H18F3N3O12S3. The second-order valence-corrected chi connectivity index (χ2v) is 14.1. The molecule has 0 fully saturated rings. The largest absolute Gasteiger partial charge is 0.483 e. The molecule has 0 spiro atoms. The molecule has 0 aromatic heterocycles. The minimum Gasteiger partial charge on any atom is -0.483 e. The summed E-state index contributed by atoms with van der Waals surface area (Å²) in [4.78, 5) is 20.9. The van der Waals surface area contributed by atoms with Gasteiger partial charge in [-0.2, -0.15) is 43.5 Å². The van der Waals surface area contributed by atoms with Crippen LogP contribution in [0.15, 0.2) is 80.5 Å². The van der Waals surface area contributed by atoms with Gasteiger partial charge >= 0.3 is 12.1 Å². The predicted molar refractivity (Wildman–Crippen MR) is 162 cm³/mol. The van der Waals surface area contributed by atoms with Crippen LogP contribution in [-0.2, 0) is 39.9 Å². The number of ether oxygens (including phenoxy) is 1. The average molecular weight is 730 g/mol. The topological polar surface area (TPSA) is 243 Å². The summed E-state index contributed by atoms with van der Waals surface area (Å²) in [7, 11) is -15.3. The van der Waals surface area contributed by atoms with Crippen LogP contribution in [0.3, 0.4) is 0 Å². The molecule has 0 unspecified atom stereocenters. The van der Waals surface area contributed by atoms with Gasteiger partial charge in [-0.05, 0) is 29.8 Å². The maximum atomic E-state index is 12.5. The van der Waals surface area contributed by atoms with Crippen LogP contribution < -0.4 is 15.5 Å². The van der Waals surface area contributed by atoms with E-state index in [4.69, 9.17) is 4.74 Å². The Labute approximate surface area is 267 Å². The lowest BCUT2D eigenvalue weighted by atomic mass is 9.93. The first-order chi connectivity index (χ1) is 22.2. The van der Waals surface area contributed by atoms with E-state index in [-0.39, 0.29) is 43.8 Å². The molecule has 2 amide bonds. The minimum atomic E-state index is -5.12. The molecule has 48 heavy (non-hydrogen) atoms. The standard InChI is InChI=1S/C27H18F3N3O12S3/c28-27(29,30)26(35)32-14-3-1-13(2-4-14)11-31-33-23(34)12-45-19-9-20(46(36,37)38)16-7-8-18-22(48(42,43)44)10-21(47(39,40)41)17-6-5-15(19)24(16)25(17)18/h1-11H,12H2,(H,32,35)(H,33,34)(H,36,37,38)(H,39,40,41)(H,42,43,44)/b31-11-. The Morgan fingerprint density at radius 2 is 1.19 bits per heavy atom. The van der Waals surface area contributed by atoms with Crippen molar-refractivity contribution in [2.45, 2.75) is 20.9 Å². The smallest absolute Gasteiger partial charge is 0.471 e. The summed E-state index contributed by atoms with van der Waals surface area (Å²) in [5.74, 6) is -3.44. The first-order valence-corrected chi connectivity index (χ1v) is 17.1. The van der Waals surface area contributed by atoms with Gasteiger partial charge in [0.05, 0.1) is 6.21 Å². The zero-order chi connectivity index (χ0) is 35.4. The van der Waals surface area contributed by atoms with E-state index >= 15 is 0 Å². The first kappa shape index (κ1) is 34.4. The molecule has 0 heterocycles. The normalized spacial score (nSPS) is 13.0. The lowest BCUT2D eigenvalue weighted by molar-refractivity contribution is -0.167. The van der Waals surface area contributed by atoms with E-state index in [1.165, 1.54) is 18.2 Å². The highest BCUT2D eigenvalue weighted by Gasteiger charge is 2.38. The third-order valence-electron chi connectivity index (χ3n) is 6.77. The molecule has 0 atom stereocenters. The van der Waals surface area contributed by atoms with Crippen molar-refractivity contribution in [2.24, 2.45) is 5.10 Å². The molecule has 0 aliphatic heterocycles. The van der Waals surface area contributed by atoms with Crippen molar-refractivity contribution in [3.63, 3.8) is 0 Å². The van der Waals surface area contributed by atoms with Gasteiger partial charge in [-0.15, -0.1) is 0 Å². The molecule has 21 heteroatoms. The van der Waals surface area contributed by atoms with Crippen LogP contribution in [0.5, 0.6) is 5.75 Å². The van der Waals surface area contributed by atoms with Gasteiger partial charge in [0.15, 0.2) is 6.61 Å². The van der Waals surface area contributed by atoms with Crippen molar-refractivity contribution in [2.75, 3.05) is 11.9 Å². The lowest BCUT2D eigenvalue weighted by Crippen LogP contribution is -2.29. The van der Waals surface area contributed by atoms with Gasteiger partial charge in [0.1, 0.15) is 20.4 Å². The van der Waals surface area contributed by atoms with Gasteiger partial charge in [0.25, 0.3) is 36.3 Å². The maximum absolute atomic E-state index is 12.5. The van der Waals surface area contributed by atoms with E-state index in [9.17, 15) is 61.7 Å². The van der Waals surface area contributed by atoms with E-state index in [0.717, 1.165) is 42.6 Å². The second-order valence-electron chi connectivity index (χ2n) is 9.90. The number of benzene rings is 5. The van der Waals surface area contributed by atoms with Crippen molar-refractivity contribution < 1.29 is 66.4 Å². The van der Waals surface area contributed by atoms with Crippen molar-refractivity contribution in [1.29, 1.82) is 0 Å². The molecule has 5 aromatic rings. The number of hydrogen-bond acceptors (Lipinski definition) is 10. The molecular weight excluding hydrogens is 712 g/mol. The molecule has 5 rings (SSSR count). The Hall–Kier alpha value is -4.93. The highest BCUT2D eigenvalue weighted by molar-refractivity contribution is 7.87. The Kier molecular flexibility index (Phi) is 8.56. The fourth-order valence-corrected chi connectivity index (χ4v) is 7.04. The Bertz CT molecular complexity index is 2450. The Morgan fingerprint density at radius 3 is 1.67 bits per heavy atom. The van der Waals surface area contributed by atoms with E-state index in [2.05, 4.69) is 10.5 Å². The van der Waals surface area contributed by atoms with Crippen LogP contribution in [0.4, 0.5) is 18.9 Å². The fourth-order valence-electron chi connectivity index (χ4n) is 4.83. The molecule has 15 nitrogen and oxygen atoms in total. The summed E-state index contributed by atoms with van der Waals surface area (Å²) in [6, 6.07) is 10.8. The number of halogens is 3. The lowest BCUT2D eigenvalue weighted by Gasteiger charge is -2.18. The van der Waals surface area contributed by atoms with Crippen LogP contribution in [-0.4, -0.2) is 69.7 Å². The number of nitrogens with one attached hydrogen (secondary N) is 2. The SMILES string of the molecule is O=C(COc1cc(S(=O)(=O)O)c2ccc3c(S(=O)(=O)O)cc(S(=O)(=O)O)c4ccc1c2c43)N/N=C\c1ccc(NC(=O)C(F)(F)F)cc1. The third kappa shape index (κ3) is 6.86. The van der Waals surface area contributed by atoms with Crippen LogP contribution in [0.25, 0.3) is 32.3 Å². The number of nitrogens with zero attached hydrogens (tertiary/aromatic N) is 1. The van der Waals surface area contributed by atoms with Gasteiger partial charge in [0.2, 0.25) is 0 Å². The van der Waals surface area contributed by atoms with Crippen molar-refractivity contribution in [3.8, 4) is 5.75 Å². The van der Waals surface area contributed by atoms with E-state index < -0.39 is 69.6 Å². The average Bonchev–Trinajstić information content (AvgIpc) is 2.97. The molecule has 0 aliphatic carbocycles. The fraction of sp³-hybridized carbons (Fsp3) is 0.0741. The number of hydrogen-bond donors (Lipinski definition) is 5. The third-order valence-corrected chi connectivity index (χ3v) is 9.45. The van der Waals surface area contributed by atoms with Gasteiger partial charge in [-0.25, -0.2) is 5.43 Å². The van der Waals surface area contributed by atoms with Gasteiger partial charge in [-0.1, -0.05) is 30.3 Å². The quantitative estimate of drug-likeness (QED) is 0.0635. The van der Waals surface area contributed by atoms with Crippen molar-refractivity contribution >= 4 is 86.4 Å². The summed E-state index contributed by atoms with van der Waals surface area (Å²) in [5, 5.41) is 4.11. The monoisotopic (exact) mass is 729 g/mol. The highest BCUT2D eigenvalue weighted by Crippen LogP contribution is 2.45. The second kappa shape index (κ2) is 11.9. The molecule has 5 aromatic carbocycles. The summed E-state index contributed by atoms with van der Waals surface area (Å²) >= 11 is 0. The van der Waals surface area contributed by atoms with Gasteiger partial charge in [-0.3, -0.25) is 23.2 Å². The summed E-state index contributed by atoms with van der Waals surface area (Å²) in [5.41, 5.74) is 2.22. The van der Waals surface area contributed by atoms with Gasteiger partial charge in [0, 0.05) is 44.1 Å². The molecule has 0 bridgehead atoms. The first-order valence-electron chi connectivity index (χ1n) is 12.8. The molecule has 5 N–H and O–H groups in total. The number of amides is 2. The van der Waals surface area contributed by atoms with Crippen LogP contribution >= 0.6 is 0 Å². The molecule has 0 saturated carbocycles. The number of alkyl halides is 3. The van der Waals surface area contributed by atoms with E-state index in [1.807, 2.05) is 0 Å². The minimum absolute atomic E-state index is 0.00159. The Balaban J connectivity index is 1.49. The van der Waals surface area contributed by atoms with Crippen molar-refractivity contribution in [1.82, 2.24) is 5.43 Å². The predicted octanol–water partition coefficient (Wildman–Crippen LogP) is 3.35. The van der Waals surface area contributed by atoms with E-state index in [1.54, 1.807) is 5.32 Å². The van der Waals surface area contributed by atoms with E-state index in [0.29, 0.717) is 11.6 Å². The van der Waals surface area contributed by atoms with Crippen LogP contribution in [0, 0.1) is 0 Å². The van der Waals surface area contributed by atoms with Crippen LogP contribution in [0.1, 0.15) is 5.56 Å². The zero-order valence-corrected chi connectivity index (χ0v) is 25.8. The number of carbonyl (C=O) groups excluding carboxylic acids is 2. The summed E-state index contributed by atoms with van der Waals surface area (Å²) in [6.45, 7) is -0.832. The number of anilines is 1. The maximum Gasteiger partial charge on any atom is 0.471 e. The number of hydrazone groups is 1.